The molecule has 1 heterocycles. The maximum Gasteiger partial charge on any atom is 0.316 e. The Morgan fingerprint density at radius 1 is 1.16 bits per heavy atom. The van der Waals surface area contributed by atoms with E-state index in [-0.39, 0.29) is 18.4 Å². The Morgan fingerprint density at radius 2 is 1.80 bits per heavy atom. The summed E-state index contributed by atoms with van der Waals surface area (Å²) in [5.74, 6) is 6.59. The normalized spacial score (nSPS) is 11.3. The molecule has 1 atom stereocenters. The van der Waals surface area contributed by atoms with Crippen LogP contribution in [0.25, 0.3) is 0 Å². The van der Waals surface area contributed by atoms with Gasteiger partial charge in [0.1, 0.15) is 19.1 Å². The van der Waals surface area contributed by atoms with E-state index in [1.807, 2.05) is 24.3 Å². The van der Waals surface area contributed by atoms with Gasteiger partial charge in [0.2, 0.25) is 0 Å². The quantitative estimate of drug-likeness (QED) is 0.725. The number of aromatic nitrogens is 2. The lowest BCUT2D eigenvalue weighted by atomic mass is 9.96. The third-order valence-corrected chi connectivity index (χ3v) is 3.46. The fraction of sp³-hybridized carbons (Fsp3) is 0.350. The van der Waals surface area contributed by atoms with Crippen LogP contribution in [0, 0.1) is 17.8 Å². The number of nitrogens with zero attached hydrogens (tertiary/aromatic N) is 2. The molecule has 5 heteroatoms. The van der Waals surface area contributed by atoms with Gasteiger partial charge in [-0.2, -0.15) is 0 Å². The minimum Gasteiger partial charge on any atom is -0.461 e. The standard InChI is InChI=1S/C20H21FN2O2/c1-15(11-16(2)24)12-18-6-3-17(4-7-18)5-8-19-13-22-20(23-14-19)25-10-9-21/h3-4,6-7,13-15H,9-12H2,1-2H3. The van der Waals surface area contributed by atoms with Crippen LogP contribution in [0.5, 0.6) is 6.01 Å². The molecular weight excluding hydrogens is 319 g/mol. The maximum absolute atomic E-state index is 12.0. The fourth-order valence-electron chi connectivity index (χ4n) is 2.42. The first-order chi connectivity index (χ1) is 12.1. The van der Waals surface area contributed by atoms with Crippen LogP contribution in [-0.2, 0) is 11.2 Å². The highest BCUT2D eigenvalue weighted by molar-refractivity contribution is 5.75. The Kier molecular flexibility index (Phi) is 7.09. The van der Waals surface area contributed by atoms with E-state index in [1.165, 1.54) is 5.56 Å². The molecule has 1 unspecified atom stereocenters. The van der Waals surface area contributed by atoms with Crippen molar-refractivity contribution in [2.75, 3.05) is 13.3 Å². The number of rotatable bonds is 7. The van der Waals surface area contributed by atoms with Gasteiger partial charge in [0.05, 0.1) is 5.56 Å². The van der Waals surface area contributed by atoms with Crippen LogP contribution in [0.3, 0.4) is 0 Å². The van der Waals surface area contributed by atoms with E-state index in [1.54, 1.807) is 19.3 Å². The van der Waals surface area contributed by atoms with Gasteiger partial charge in [-0.15, -0.1) is 0 Å². The van der Waals surface area contributed by atoms with Gasteiger partial charge in [0.15, 0.2) is 0 Å². The number of ether oxygens (including phenoxy) is 1. The average Bonchev–Trinajstić information content (AvgIpc) is 2.59. The summed E-state index contributed by atoms with van der Waals surface area (Å²) in [4.78, 5) is 19.1. The number of benzene rings is 1. The molecular formula is C20H21FN2O2. The Hall–Kier alpha value is -2.74. The van der Waals surface area contributed by atoms with Gasteiger partial charge in [0.25, 0.3) is 0 Å². The predicted molar refractivity (Wildman–Crippen MR) is 94.1 cm³/mol. The van der Waals surface area contributed by atoms with Gasteiger partial charge < -0.3 is 9.53 Å². The number of carbonyl (C=O) groups excluding carboxylic acids is 1. The predicted octanol–water partition coefficient (Wildman–Crippen LogP) is 3.38. The zero-order chi connectivity index (χ0) is 18.1. The smallest absolute Gasteiger partial charge is 0.316 e. The van der Waals surface area contributed by atoms with Crippen LogP contribution in [-0.4, -0.2) is 29.0 Å². The number of hydrogen-bond acceptors (Lipinski definition) is 4. The summed E-state index contributed by atoms with van der Waals surface area (Å²) in [7, 11) is 0. The second-order valence-electron chi connectivity index (χ2n) is 5.95. The SMILES string of the molecule is CC(=O)CC(C)Cc1ccc(C#Cc2cnc(OCCF)nc2)cc1. The summed E-state index contributed by atoms with van der Waals surface area (Å²) < 4.78 is 17.0. The van der Waals surface area contributed by atoms with Gasteiger partial charge in [-0.05, 0) is 37.0 Å². The number of carbonyl (C=O) groups is 1. The molecule has 4 nitrogen and oxygen atoms in total. The minimum atomic E-state index is -0.575. The average molecular weight is 340 g/mol. The van der Waals surface area contributed by atoms with E-state index < -0.39 is 6.67 Å². The first-order valence-corrected chi connectivity index (χ1v) is 8.18. The van der Waals surface area contributed by atoms with Crippen LogP contribution >= 0.6 is 0 Å². The molecule has 0 aliphatic carbocycles. The Bertz CT molecular complexity index is 746. The lowest BCUT2D eigenvalue weighted by Gasteiger charge is -2.09. The van der Waals surface area contributed by atoms with Crippen molar-refractivity contribution in [2.24, 2.45) is 5.92 Å². The number of hydrogen-bond donors (Lipinski definition) is 0. The van der Waals surface area contributed by atoms with Crippen LogP contribution in [0.2, 0.25) is 0 Å². The first-order valence-electron chi connectivity index (χ1n) is 8.18. The monoisotopic (exact) mass is 340 g/mol. The van der Waals surface area contributed by atoms with Crippen molar-refractivity contribution in [1.82, 2.24) is 9.97 Å². The molecule has 130 valence electrons. The number of Topliss-reactive ketones (excluding diaryl/α,β-unsaturated/α-hetero) is 1. The molecule has 2 aromatic rings. The zero-order valence-electron chi connectivity index (χ0n) is 14.5. The van der Waals surface area contributed by atoms with E-state index in [0.29, 0.717) is 17.9 Å². The molecule has 0 bridgehead atoms. The number of halogens is 1. The summed E-state index contributed by atoms with van der Waals surface area (Å²) in [5.41, 5.74) is 2.74. The molecule has 0 radical (unpaired) electrons. The lowest BCUT2D eigenvalue weighted by Crippen LogP contribution is -2.04. The third kappa shape index (κ3) is 6.72. The van der Waals surface area contributed by atoms with Gasteiger partial charge in [0, 0.05) is 24.4 Å². The molecule has 0 N–H and O–H groups in total. The molecule has 25 heavy (non-hydrogen) atoms. The fourth-order valence-corrected chi connectivity index (χ4v) is 2.42. The molecule has 0 saturated heterocycles. The Labute approximate surface area is 147 Å². The van der Waals surface area contributed by atoms with E-state index in [9.17, 15) is 9.18 Å². The van der Waals surface area contributed by atoms with Crippen molar-refractivity contribution in [1.29, 1.82) is 0 Å². The van der Waals surface area contributed by atoms with Crippen molar-refractivity contribution in [3.05, 3.63) is 53.3 Å². The van der Waals surface area contributed by atoms with Crippen LogP contribution < -0.4 is 4.74 Å². The molecule has 0 saturated carbocycles. The summed E-state index contributed by atoms with van der Waals surface area (Å²) in [6.45, 7) is 3.07. The highest BCUT2D eigenvalue weighted by Crippen LogP contribution is 2.13. The molecule has 0 spiro atoms. The first kappa shape index (κ1) is 18.6. The molecule has 1 aromatic heterocycles. The maximum atomic E-state index is 12.0. The molecule has 0 amide bonds. The van der Waals surface area contributed by atoms with Crippen molar-refractivity contribution >= 4 is 5.78 Å². The lowest BCUT2D eigenvalue weighted by molar-refractivity contribution is -0.117. The van der Waals surface area contributed by atoms with Gasteiger partial charge in [-0.3, -0.25) is 0 Å². The van der Waals surface area contributed by atoms with Gasteiger partial charge >= 0.3 is 6.01 Å². The van der Waals surface area contributed by atoms with Crippen molar-refractivity contribution in [3.8, 4) is 17.9 Å². The topological polar surface area (TPSA) is 52.1 Å². The molecule has 2 rings (SSSR count). The van der Waals surface area contributed by atoms with E-state index in [2.05, 4.69) is 28.7 Å². The Balaban J connectivity index is 1.95. The second-order valence-corrected chi connectivity index (χ2v) is 5.95. The van der Waals surface area contributed by atoms with Crippen LogP contribution in [0.4, 0.5) is 4.39 Å². The van der Waals surface area contributed by atoms with Gasteiger partial charge in [-0.25, -0.2) is 14.4 Å². The minimum absolute atomic E-state index is 0.0532. The summed E-state index contributed by atoms with van der Waals surface area (Å²) in [6, 6.07) is 8.13. The van der Waals surface area contributed by atoms with Crippen molar-refractivity contribution in [2.45, 2.75) is 26.7 Å². The summed E-state index contributed by atoms with van der Waals surface area (Å²) >= 11 is 0. The van der Waals surface area contributed by atoms with Crippen LogP contribution in [0.15, 0.2) is 36.7 Å². The zero-order valence-corrected chi connectivity index (χ0v) is 14.5. The van der Waals surface area contributed by atoms with E-state index in [0.717, 1.165) is 12.0 Å². The highest BCUT2D eigenvalue weighted by Gasteiger charge is 2.06. The molecule has 1 aromatic carbocycles. The third-order valence-electron chi connectivity index (χ3n) is 3.46. The summed E-state index contributed by atoms with van der Waals surface area (Å²) in [5, 5.41) is 0. The molecule has 0 fully saturated rings. The second kappa shape index (κ2) is 9.53. The van der Waals surface area contributed by atoms with Gasteiger partial charge in [-0.1, -0.05) is 30.9 Å². The molecule has 0 aliphatic rings. The van der Waals surface area contributed by atoms with E-state index in [4.69, 9.17) is 4.74 Å². The van der Waals surface area contributed by atoms with E-state index >= 15 is 0 Å². The Morgan fingerprint density at radius 3 is 2.40 bits per heavy atom. The van der Waals surface area contributed by atoms with Crippen LogP contribution in [0.1, 0.15) is 37.0 Å². The largest absolute Gasteiger partial charge is 0.461 e. The van der Waals surface area contributed by atoms with Crippen molar-refractivity contribution in [3.63, 3.8) is 0 Å². The van der Waals surface area contributed by atoms with Crippen molar-refractivity contribution < 1.29 is 13.9 Å². The molecule has 0 aliphatic heterocycles. The number of ketones is 1. The summed E-state index contributed by atoms with van der Waals surface area (Å²) in [6.07, 6.45) is 4.57. The highest BCUT2D eigenvalue weighted by atomic mass is 19.1. The number of alkyl halides is 1.